The molecule has 84 valence electrons. The van der Waals surface area contributed by atoms with E-state index in [0.29, 0.717) is 18.3 Å². The number of aliphatic carboxylic acids is 1. The number of rotatable bonds is 2. The van der Waals surface area contributed by atoms with Gasteiger partial charge in [0.15, 0.2) is 0 Å². The number of carboxylic acids is 1. The molecule has 2 aliphatic rings. The van der Waals surface area contributed by atoms with Crippen molar-refractivity contribution in [3.05, 3.63) is 11.6 Å². The van der Waals surface area contributed by atoms with Gasteiger partial charge in [-0.05, 0) is 50.4 Å². The molecule has 15 heavy (non-hydrogen) atoms. The van der Waals surface area contributed by atoms with E-state index in [4.69, 9.17) is 5.11 Å². The molecule has 2 nitrogen and oxygen atoms in total. The van der Waals surface area contributed by atoms with Crippen molar-refractivity contribution in [1.29, 1.82) is 0 Å². The maximum absolute atomic E-state index is 10.8. The Morgan fingerprint density at radius 2 is 2.27 bits per heavy atom. The lowest BCUT2D eigenvalue weighted by molar-refractivity contribution is -0.138. The summed E-state index contributed by atoms with van der Waals surface area (Å²) >= 11 is 0. The average molecular weight is 208 g/mol. The van der Waals surface area contributed by atoms with Gasteiger partial charge >= 0.3 is 5.97 Å². The SMILES string of the molecule is CC1=C[C@H]2[C@H](CCC[C@H]2CC(=O)O)CC1. The van der Waals surface area contributed by atoms with Crippen molar-refractivity contribution in [2.45, 2.75) is 45.4 Å². The van der Waals surface area contributed by atoms with Gasteiger partial charge < -0.3 is 5.11 Å². The highest BCUT2D eigenvalue weighted by atomic mass is 16.4. The van der Waals surface area contributed by atoms with Crippen LogP contribution in [0.25, 0.3) is 0 Å². The Bertz CT molecular complexity index is 280. The lowest BCUT2D eigenvalue weighted by Crippen LogP contribution is -2.30. The molecule has 2 aliphatic carbocycles. The number of carbonyl (C=O) groups is 1. The molecule has 0 aliphatic heterocycles. The van der Waals surface area contributed by atoms with Gasteiger partial charge in [0.2, 0.25) is 0 Å². The molecule has 0 aromatic rings. The second-order valence-electron chi connectivity index (χ2n) is 5.18. The first kappa shape index (κ1) is 10.7. The Hall–Kier alpha value is -0.790. The summed E-state index contributed by atoms with van der Waals surface area (Å²) in [7, 11) is 0. The summed E-state index contributed by atoms with van der Waals surface area (Å²) in [6, 6.07) is 0. The first-order chi connectivity index (χ1) is 7.16. The van der Waals surface area contributed by atoms with Gasteiger partial charge in [-0.25, -0.2) is 0 Å². The van der Waals surface area contributed by atoms with Crippen LogP contribution in [0.5, 0.6) is 0 Å². The van der Waals surface area contributed by atoms with Crippen LogP contribution in [0.2, 0.25) is 0 Å². The van der Waals surface area contributed by atoms with E-state index in [1.165, 1.54) is 31.3 Å². The van der Waals surface area contributed by atoms with Crippen molar-refractivity contribution in [1.82, 2.24) is 0 Å². The molecule has 1 fully saturated rings. The van der Waals surface area contributed by atoms with Crippen LogP contribution in [-0.2, 0) is 4.79 Å². The molecule has 0 saturated heterocycles. The summed E-state index contributed by atoms with van der Waals surface area (Å²) in [4.78, 5) is 10.8. The fourth-order valence-electron chi connectivity index (χ4n) is 3.31. The molecule has 0 heterocycles. The van der Waals surface area contributed by atoms with Gasteiger partial charge in [0, 0.05) is 6.42 Å². The van der Waals surface area contributed by atoms with Gasteiger partial charge in [-0.1, -0.05) is 18.1 Å². The maximum Gasteiger partial charge on any atom is 0.303 e. The second kappa shape index (κ2) is 4.38. The summed E-state index contributed by atoms with van der Waals surface area (Å²) in [6.07, 6.45) is 8.88. The summed E-state index contributed by atoms with van der Waals surface area (Å²) in [6.45, 7) is 2.18. The van der Waals surface area contributed by atoms with E-state index in [1.54, 1.807) is 0 Å². The summed E-state index contributed by atoms with van der Waals surface area (Å²) in [5.74, 6) is 1.10. The molecule has 2 heteroatoms. The minimum atomic E-state index is -0.628. The van der Waals surface area contributed by atoms with E-state index in [9.17, 15) is 4.79 Å². The van der Waals surface area contributed by atoms with E-state index in [1.807, 2.05) is 0 Å². The van der Waals surface area contributed by atoms with Gasteiger partial charge in [-0.15, -0.1) is 0 Å². The van der Waals surface area contributed by atoms with Crippen LogP contribution < -0.4 is 0 Å². The fraction of sp³-hybridized carbons (Fsp3) is 0.769. The maximum atomic E-state index is 10.8. The molecule has 0 radical (unpaired) electrons. The lowest BCUT2D eigenvalue weighted by Gasteiger charge is -2.39. The first-order valence-corrected chi connectivity index (χ1v) is 6.06. The van der Waals surface area contributed by atoms with Crippen molar-refractivity contribution in [3.8, 4) is 0 Å². The molecule has 0 amide bonds. The van der Waals surface area contributed by atoms with Crippen LogP contribution in [0.4, 0.5) is 0 Å². The molecule has 0 bridgehead atoms. The molecule has 3 atom stereocenters. The Morgan fingerprint density at radius 1 is 1.47 bits per heavy atom. The average Bonchev–Trinajstić information content (AvgIpc) is 2.18. The predicted octanol–water partition coefficient (Wildman–Crippen LogP) is 3.23. The monoisotopic (exact) mass is 208 g/mol. The number of carboxylic acid groups (broad SMARTS) is 1. The fourth-order valence-corrected chi connectivity index (χ4v) is 3.31. The minimum absolute atomic E-state index is 0.366. The third-order valence-electron chi connectivity index (χ3n) is 4.06. The van der Waals surface area contributed by atoms with Gasteiger partial charge in [0.05, 0.1) is 0 Å². The predicted molar refractivity (Wildman–Crippen MR) is 59.6 cm³/mol. The van der Waals surface area contributed by atoms with E-state index in [-0.39, 0.29) is 0 Å². The zero-order valence-corrected chi connectivity index (χ0v) is 9.41. The Kier molecular flexibility index (Phi) is 3.13. The highest BCUT2D eigenvalue weighted by Gasteiger charge is 2.34. The molecule has 0 aromatic carbocycles. The number of hydrogen-bond donors (Lipinski definition) is 1. The number of fused-ring (bicyclic) bond motifs is 1. The number of allylic oxidation sites excluding steroid dienone is 2. The Labute approximate surface area is 91.4 Å². The van der Waals surface area contributed by atoms with E-state index in [2.05, 4.69) is 13.0 Å². The van der Waals surface area contributed by atoms with Crippen molar-refractivity contribution in [2.75, 3.05) is 0 Å². The first-order valence-electron chi connectivity index (χ1n) is 6.06. The third-order valence-corrected chi connectivity index (χ3v) is 4.06. The van der Waals surface area contributed by atoms with E-state index in [0.717, 1.165) is 12.3 Å². The van der Waals surface area contributed by atoms with Gasteiger partial charge in [-0.2, -0.15) is 0 Å². The molecule has 0 aromatic heterocycles. The van der Waals surface area contributed by atoms with Gasteiger partial charge in [0.1, 0.15) is 0 Å². The normalized spacial score (nSPS) is 35.5. The summed E-state index contributed by atoms with van der Waals surface area (Å²) in [5.41, 5.74) is 1.47. The summed E-state index contributed by atoms with van der Waals surface area (Å²) in [5, 5.41) is 8.90. The van der Waals surface area contributed by atoms with Crippen LogP contribution in [0.1, 0.15) is 45.4 Å². The van der Waals surface area contributed by atoms with Crippen LogP contribution >= 0.6 is 0 Å². The van der Waals surface area contributed by atoms with Crippen molar-refractivity contribution in [2.24, 2.45) is 17.8 Å². The highest BCUT2D eigenvalue weighted by Crippen LogP contribution is 2.43. The van der Waals surface area contributed by atoms with Crippen LogP contribution in [0.3, 0.4) is 0 Å². The second-order valence-corrected chi connectivity index (χ2v) is 5.18. The van der Waals surface area contributed by atoms with Gasteiger partial charge in [0.25, 0.3) is 0 Å². The minimum Gasteiger partial charge on any atom is -0.481 e. The van der Waals surface area contributed by atoms with E-state index >= 15 is 0 Å². The van der Waals surface area contributed by atoms with Crippen LogP contribution in [0.15, 0.2) is 11.6 Å². The highest BCUT2D eigenvalue weighted by molar-refractivity contribution is 5.67. The van der Waals surface area contributed by atoms with E-state index < -0.39 is 5.97 Å². The van der Waals surface area contributed by atoms with Gasteiger partial charge in [-0.3, -0.25) is 4.79 Å². The molecular weight excluding hydrogens is 188 g/mol. The quantitative estimate of drug-likeness (QED) is 0.707. The molecule has 1 saturated carbocycles. The third kappa shape index (κ3) is 2.42. The number of hydrogen-bond acceptors (Lipinski definition) is 1. The zero-order valence-electron chi connectivity index (χ0n) is 9.41. The van der Waals surface area contributed by atoms with Crippen molar-refractivity contribution in [3.63, 3.8) is 0 Å². The molecule has 0 unspecified atom stereocenters. The largest absolute Gasteiger partial charge is 0.481 e. The van der Waals surface area contributed by atoms with Crippen molar-refractivity contribution < 1.29 is 9.90 Å². The topological polar surface area (TPSA) is 37.3 Å². The standard InChI is InChI=1S/C13H20O2/c1-9-5-6-10-3-2-4-11(8-13(14)15)12(10)7-9/h7,10-12H,2-6,8H2,1H3,(H,14,15)/t10-,11+,12+/m1/s1. The zero-order chi connectivity index (χ0) is 10.8. The molecule has 1 N–H and O–H groups in total. The molecule has 2 rings (SSSR count). The molecular formula is C13H20O2. The van der Waals surface area contributed by atoms with Crippen LogP contribution in [0, 0.1) is 17.8 Å². The smallest absolute Gasteiger partial charge is 0.303 e. The molecule has 0 spiro atoms. The Balaban J connectivity index is 2.10. The summed E-state index contributed by atoms with van der Waals surface area (Å²) < 4.78 is 0. The van der Waals surface area contributed by atoms with Crippen LogP contribution in [-0.4, -0.2) is 11.1 Å². The Morgan fingerprint density at radius 3 is 3.00 bits per heavy atom. The lowest BCUT2D eigenvalue weighted by atomic mass is 9.66. The van der Waals surface area contributed by atoms with Crippen molar-refractivity contribution >= 4 is 5.97 Å².